The summed E-state index contributed by atoms with van der Waals surface area (Å²) in [5.74, 6) is -1.53. The van der Waals surface area contributed by atoms with Crippen LogP contribution < -0.4 is 10.2 Å². The van der Waals surface area contributed by atoms with Crippen LogP contribution >= 0.6 is 11.3 Å². The summed E-state index contributed by atoms with van der Waals surface area (Å²) < 4.78 is 15.6. The molecule has 32 heavy (non-hydrogen) atoms. The molecule has 1 amide bonds. The first-order chi connectivity index (χ1) is 15.5. The Kier molecular flexibility index (Phi) is 6.90. The van der Waals surface area contributed by atoms with Crippen LogP contribution in [0.5, 0.6) is 0 Å². The van der Waals surface area contributed by atoms with Gasteiger partial charge in [0.15, 0.2) is 0 Å². The monoisotopic (exact) mass is 461 g/mol. The molecule has 3 heterocycles. The number of nitrogens with one attached hydrogen (secondary N) is 1. The van der Waals surface area contributed by atoms with Gasteiger partial charge in [0.1, 0.15) is 15.5 Å². The summed E-state index contributed by atoms with van der Waals surface area (Å²) in [4.78, 5) is 45.2. The normalized spacial score (nSPS) is 15.9. The van der Waals surface area contributed by atoms with E-state index in [2.05, 4.69) is 10.2 Å². The lowest BCUT2D eigenvalue weighted by atomic mass is 9.89. The summed E-state index contributed by atoms with van der Waals surface area (Å²) in [7, 11) is 0. The molecule has 2 aliphatic rings. The van der Waals surface area contributed by atoms with Gasteiger partial charge in [0.05, 0.1) is 32.1 Å². The van der Waals surface area contributed by atoms with Crippen LogP contribution in [0.15, 0.2) is 0 Å². The van der Waals surface area contributed by atoms with E-state index in [1.807, 2.05) is 0 Å². The number of anilines is 2. The minimum absolute atomic E-state index is 0.0846. The fourth-order valence-corrected chi connectivity index (χ4v) is 5.28. The predicted octanol–water partition coefficient (Wildman–Crippen LogP) is 2.69. The fraction of sp³-hybridized carbons (Fsp3) is 0.545. The zero-order valence-corrected chi connectivity index (χ0v) is 19.1. The number of rotatable bonds is 5. The number of hydrogen-bond donors (Lipinski definition) is 1. The first-order valence-corrected chi connectivity index (χ1v) is 11.8. The summed E-state index contributed by atoms with van der Waals surface area (Å²) in [6, 6.07) is 0. The van der Waals surface area contributed by atoms with Gasteiger partial charge in [0.2, 0.25) is 0 Å². The Morgan fingerprint density at radius 3 is 2.44 bits per heavy atom. The van der Waals surface area contributed by atoms with Crippen LogP contribution in [0.4, 0.5) is 11.5 Å². The predicted molar refractivity (Wildman–Crippen MR) is 121 cm³/mol. The molecule has 1 aliphatic carbocycles. The second-order valence-corrected chi connectivity index (χ2v) is 8.58. The maximum Gasteiger partial charge on any atom is 0.397 e. The van der Waals surface area contributed by atoms with Crippen molar-refractivity contribution in [3.05, 3.63) is 16.0 Å². The number of aryl methyl sites for hydroxylation is 1. The van der Waals surface area contributed by atoms with E-state index in [4.69, 9.17) is 19.2 Å². The molecule has 0 saturated carbocycles. The third kappa shape index (κ3) is 4.29. The largest absolute Gasteiger partial charge is 0.462 e. The number of carbonyl (C=O) groups is 3. The average molecular weight is 462 g/mol. The standard InChI is InChI=1S/C22H27N3O6S/c1-3-30-21(27)17-16(23-19(26)22(28)31-4-2)15-13-7-5-6-8-14(13)18(24-20(15)32-17)25-9-11-29-12-10-25/h3-12H2,1-2H3,(H,23,26). The molecule has 0 spiro atoms. The van der Waals surface area contributed by atoms with Gasteiger partial charge in [-0.05, 0) is 50.7 Å². The van der Waals surface area contributed by atoms with Crippen molar-refractivity contribution in [3.8, 4) is 0 Å². The number of pyridine rings is 1. The Labute approximate surface area is 190 Å². The SMILES string of the molecule is CCOC(=O)C(=O)Nc1c(C(=O)OCC)sc2nc(N3CCOCC3)c3c(c12)CCCC3. The van der Waals surface area contributed by atoms with E-state index in [-0.39, 0.29) is 18.1 Å². The number of ether oxygens (including phenoxy) is 3. The molecule has 1 aliphatic heterocycles. The van der Waals surface area contributed by atoms with E-state index in [0.29, 0.717) is 23.7 Å². The van der Waals surface area contributed by atoms with Crippen molar-refractivity contribution in [2.75, 3.05) is 49.7 Å². The van der Waals surface area contributed by atoms with Crippen molar-refractivity contribution in [1.29, 1.82) is 0 Å². The lowest BCUT2D eigenvalue weighted by Crippen LogP contribution is -2.37. The van der Waals surface area contributed by atoms with E-state index in [1.165, 1.54) is 11.3 Å². The lowest BCUT2D eigenvalue weighted by Gasteiger charge is -2.31. The third-order valence-electron chi connectivity index (χ3n) is 5.61. The van der Waals surface area contributed by atoms with Gasteiger partial charge in [-0.3, -0.25) is 4.79 Å². The van der Waals surface area contributed by atoms with Crippen molar-refractivity contribution < 1.29 is 28.6 Å². The van der Waals surface area contributed by atoms with E-state index in [9.17, 15) is 14.4 Å². The van der Waals surface area contributed by atoms with Crippen molar-refractivity contribution in [1.82, 2.24) is 4.98 Å². The molecule has 0 radical (unpaired) electrons. The van der Waals surface area contributed by atoms with Gasteiger partial charge < -0.3 is 24.4 Å². The first kappa shape index (κ1) is 22.5. The molecule has 2 aromatic heterocycles. The van der Waals surface area contributed by atoms with Crippen LogP contribution in [0, 0.1) is 0 Å². The minimum atomic E-state index is -0.992. The molecule has 4 rings (SSSR count). The van der Waals surface area contributed by atoms with E-state index < -0.39 is 17.8 Å². The highest BCUT2D eigenvalue weighted by Gasteiger charge is 2.31. The van der Waals surface area contributed by atoms with Gasteiger partial charge in [-0.1, -0.05) is 0 Å². The highest BCUT2D eigenvalue weighted by atomic mass is 32.1. The number of morpholine rings is 1. The van der Waals surface area contributed by atoms with Crippen LogP contribution in [0.25, 0.3) is 10.2 Å². The van der Waals surface area contributed by atoms with E-state index >= 15 is 0 Å². The molecule has 1 saturated heterocycles. The Hall–Kier alpha value is -2.72. The van der Waals surface area contributed by atoms with Crippen LogP contribution in [0.2, 0.25) is 0 Å². The number of aromatic nitrogens is 1. The summed E-state index contributed by atoms with van der Waals surface area (Å²) >= 11 is 1.18. The first-order valence-electron chi connectivity index (χ1n) is 11.0. The quantitative estimate of drug-likeness (QED) is 0.535. The number of esters is 2. The van der Waals surface area contributed by atoms with Gasteiger partial charge in [0, 0.05) is 18.5 Å². The van der Waals surface area contributed by atoms with Crippen LogP contribution in [0.3, 0.4) is 0 Å². The average Bonchev–Trinajstić information content (AvgIpc) is 3.18. The number of hydrogen-bond acceptors (Lipinski definition) is 9. The molecule has 0 aromatic carbocycles. The minimum Gasteiger partial charge on any atom is -0.462 e. The number of amides is 1. The second-order valence-electron chi connectivity index (χ2n) is 7.58. The fourth-order valence-electron chi connectivity index (χ4n) is 4.23. The Balaban J connectivity index is 1.87. The van der Waals surface area contributed by atoms with E-state index in [1.54, 1.807) is 13.8 Å². The van der Waals surface area contributed by atoms with Crippen molar-refractivity contribution in [2.24, 2.45) is 0 Å². The smallest absolute Gasteiger partial charge is 0.397 e. The molecule has 1 fully saturated rings. The van der Waals surface area contributed by atoms with Crippen LogP contribution in [0.1, 0.15) is 47.5 Å². The molecule has 9 nitrogen and oxygen atoms in total. The summed E-state index contributed by atoms with van der Waals surface area (Å²) in [5, 5.41) is 3.35. The molecule has 0 unspecified atom stereocenters. The maximum absolute atomic E-state index is 12.7. The third-order valence-corrected chi connectivity index (χ3v) is 6.67. The van der Waals surface area contributed by atoms with Crippen molar-refractivity contribution in [3.63, 3.8) is 0 Å². The molecular formula is C22H27N3O6S. The number of fused-ring (bicyclic) bond motifs is 3. The molecule has 10 heteroatoms. The van der Waals surface area contributed by atoms with Gasteiger partial charge >= 0.3 is 17.8 Å². The molecule has 2 aromatic rings. The molecular weight excluding hydrogens is 434 g/mol. The molecule has 1 N–H and O–H groups in total. The van der Waals surface area contributed by atoms with Gasteiger partial charge in [-0.2, -0.15) is 0 Å². The van der Waals surface area contributed by atoms with Gasteiger partial charge in [0.25, 0.3) is 0 Å². The number of thiophene rings is 1. The Morgan fingerprint density at radius 2 is 1.75 bits per heavy atom. The zero-order chi connectivity index (χ0) is 22.7. The van der Waals surface area contributed by atoms with Crippen molar-refractivity contribution >= 4 is 50.9 Å². The highest BCUT2D eigenvalue weighted by molar-refractivity contribution is 7.21. The van der Waals surface area contributed by atoms with Crippen LogP contribution in [-0.2, 0) is 36.6 Å². The molecule has 0 atom stereocenters. The Bertz CT molecular complexity index is 1040. The Morgan fingerprint density at radius 1 is 1.06 bits per heavy atom. The second kappa shape index (κ2) is 9.83. The molecule has 172 valence electrons. The molecule has 0 bridgehead atoms. The van der Waals surface area contributed by atoms with Gasteiger partial charge in [-0.15, -0.1) is 11.3 Å². The maximum atomic E-state index is 12.7. The zero-order valence-electron chi connectivity index (χ0n) is 18.3. The number of nitrogens with zero attached hydrogens (tertiary/aromatic N) is 2. The summed E-state index contributed by atoms with van der Waals surface area (Å²) in [5.41, 5.74) is 2.51. The summed E-state index contributed by atoms with van der Waals surface area (Å²) in [6.45, 7) is 6.44. The van der Waals surface area contributed by atoms with Crippen molar-refractivity contribution in [2.45, 2.75) is 39.5 Å². The van der Waals surface area contributed by atoms with E-state index in [0.717, 1.165) is 61.1 Å². The lowest BCUT2D eigenvalue weighted by molar-refractivity contribution is -0.152. The van der Waals surface area contributed by atoms with Gasteiger partial charge in [-0.25, -0.2) is 14.6 Å². The highest BCUT2D eigenvalue weighted by Crippen LogP contribution is 2.43. The topological polar surface area (TPSA) is 107 Å². The number of carbonyl (C=O) groups excluding carboxylic acids is 3. The summed E-state index contributed by atoms with van der Waals surface area (Å²) in [6.07, 6.45) is 3.75. The van der Waals surface area contributed by atoms with Crippen LogP contribution in [-0.4, -0.2) is 62.3 Å².